The van der Waals surface area contributed by atoms with Crippen LogP contribution in [0.3, 0.4) is 0 Å². The van der Waals surface area contributed by atoms with Crippen molar-refractivity contribution in [3.8, 4) is 0 Å². The smallest absolute Gasteiger partial charge is 0.0468 e. The molecule has 3 rings (SSSR count). The highest BCUT2D eigenvalue weighted by molar-refractivity contribution is 4.91. The summed E-state index contributed by atoms with van der Waals surface area (Å²) in [4.78, 5) is 0. The molecule has 2 heteroatoms. The third-order valence-corrected chi connectivity index (χ3v) is 5.47. The van der Waals surface area contributed by atoms with E-state index in [1.54, 1.807) is 0 Å². The summed E-state index contributed by atoms with van der Waals surface area (Å²) in [5, 5.41) is 0. The maximum Gasteiger partial charge on any atom is 0.0468 e. The first-order valence-corrected chi connectivity index (χ1v) is 7.64. The monoisotopic (exact) mass is 237 g/mol. The highest BCUT2D eigenvalue weighted by Crippen LogP contribution is 2.50. The molecular weight excluding hydrogens is 210 g/mol. The fourth-order valence-corrected chi connectivity index (χ4v) is 4.56. The Morgan fingerprint density at radius 1 is 1.00 bits per heavy atom. The van der Waals surface area contributed by atoms with Crippen molar-refractivity contribution in [3.63, 3.8) is 0 Å². The molecule has 0 amide bonds. The van der Waals surface area contributed by atoms with Crippen molar-refractivity contribution in [1.29, 1.82) is 0 Å². The molecule has 1 saturated heterocycles. The van der Waals surface area contributed by atoms with Gasteiger partial charge in [0.15, 0.2) is 0 Å². The second-order valence-corrected chi connectivity index (χ2v) is 6.72. The molecule has 2 aliphatic carbocycles. The molecule has 4 unspecified atom stereocenters. The van der Waals surface area contributed by atoms with E-state index in [4.69, 9.17) is 10.5 Å². The molecule has 17 heavy (non-hydrogen) atoms. The lowest BCUT2D eigenvalue weighted by molar-refractivity contribution is 0.0606. The quantitative estimate of drug-likeness (QED) is 0.816. The Balaban J connectivity index is 1.42. The van der Waals surface area contributed by atoms with Crippen LogP contribution in [-0.2, 0) is 4.74 Å². The van der Waals surface area contributed by atoms with Crippen LogP contribution in [0, 0.1) is 23.7 Å². The molecule has 3 aliphatic rings. The van der Waals surface area contributed by atoms with Crippen molar-refractivity contribution < 1.29 is 4.74 Å². The second-order valence-electron chi connectivity index (χ2n) is 6.72. The molecule has 2 N–H and O–H groups in total. The van der Waals surface area contributed by atoms with Gasteiger partial charge in [0.2, 0.25) is 0 Å². The lowest BCUT2D eigenvalue weighted by Crippen LogP contribution is -2.30. The Hall–Kier alpha value is -0.0800. The summed E-state index contributed by atoms with van der Waals surface area (Å²) in [5.74, 6) is 3.93. The molecule has 0 spiro atoms. The van der Waals surface area contributed by atoms with Crippen molar-refractivity contribution in [2.45, 2.75) is 57.4 Å². The van der Waals surface area contributed by atoms with Gasteiger partial charge in [-0.1, -0.05) is 6.42 Å². The summed E-state index contributed by atoms with van der Waals surface area (Å²) < 4.78 is 5.41. The van der Waals surface area contributed by atoms with E-state index in [9.17, 15) is 0 Å². The van der Waals surface area contributed by atoms with Gasteiger partial charge in [-0.05, 0) is 68.6 Å². The highest BCUT2D eigenvalue weighted by atomic mass is 16.5. The molecule has 3 fully saturated rings. The first-order valence-electron chi connectivity index (χ1n) is 7.64. The molecule has 2 bridgehead atoms. The van der Waals surface area contributed by atoms with Crippen LogP contribution in [0.25, 0.3) is 0 Å². The number of fused-ring (bicyclic) bond motifs is 2. The van der Waals surface area contributed by atoms with E-state index in [1.165, 1.54) is 51.4 Å². The normalized spacial score (nSPS) is 39.7. The largest absolute Gasteiger partial charge is 0.381 e. The molecule has 0 aromatic rings. The van der Waals surface area contributed by atoms with Crippen LogP contribution in [0.5, 0.6) is 0 Å². The first-order chi connectivity index (χ1) is 8.31. The molecule has 4 atom stereocenters. The van der Waals surface area contributed by atoms with Gasteiger partial charge in [0.05, 0.1) is 0 Å². The topological polar surface area (TPSA) is 35.2 Å². The lowest BCUT2D eigenvalue weighted by Gasteiger charge is -2.28. The van der Waals surface area contributed by atoms with Crippen LogP contribution in [0.15, 0.2) is 0 Å². The Labute approximate surface area is 105 Å². The van der Waals surface area contributed by atoms with Gasteiger partial charge in [-0.15, -0.1) is 0 Å². The van der Waals surface area contributed by atoms with Gasteiger partial charge in [-0.2, -0.15) is 0 Å². The average Bonchev–Trinajstić information content (AvgIpc) is 2.92. The van der Waals surface area contributed by atoms with Gasteiger partial charge in [-0.25, -0.2) is 0 Å². The number of hydrogen-bond acceptors (Lipinski definition) is 2. The zero-order valence-electron chi connectivity index (χ0n) is 10.9. The van der Waals surface area contributed by atoms with Crippen molar-refractivity contribution >= 4 is 0 Å². The van der Waals surface area contributed by atoms with Crippen LogP contribution < -0.4 is 5.73 Å². The standard InChI is InChI=1S/C15H27NO/c16-15(9-11-3-5-17-6-4-11)10-14-8-12-1-2-13(14)7-12/h11-15H,1-10,16H2. The third kappa shape index (κ3) is 2.85. The zero-order chi connectivity index (χ0) is 11.7. The fraction of sp³-hybridized carbons (Fsp3) is 1.00. The van der Waals surface area contributed by atoms with Crippen LogP contribution >= 0.6 is 0 Å². The number of ether oxygens (including phenoxy) is 1. The van der Waals surface area contributed by atoms with Crippen molar-refractivity contribution in [2.75, 3.05) is 13.2 Å². The van der Waals surface area contributed by atoms with Crippen molar-refractivity contribution in [1.82, 2.24) is 0 Å². The predicted octanol–water partition coefficient (Wildman–Crippen LogP) is 2.96. The second kappa shape index (κ2) is 5.27. The summed E-state index contributed by atoms with van der Waals surface area (Å²) in [6, 6.07) is 0.461. The lowest BCUT2D eigenvalue weighted by atomic mass is 9.81. The summed E-state index contributed by atoms with van der Waals surface area (Å²) >= 11 is 0. The maximum absolute atomic E-state index is 6.38. The van der Waals surface area contributed by atoms with Gasteiger partial charge >= 0.3 is 0 Å². The predicted molar refractivity (Wildman–Crippen MR) is 69.7 cm³/mol. The van der Waals surface area contributed by atoms with Gasteiger partial charge in [-0.3, -0.25) is 0 Å². The molecule has 1 heterocycles. The van der Waals surface area contributed by atoms with Gasteiger partial charge in [0.25, 0.3) is 0 Å². The fourth-order valence-electron chi connectivity index (χ4n) is 4.56. The Morgan fingerprint density at radius 3 is 2.47 bits per heavy atom. The molecule has 98 valence electrons. The highest BCUT2D eigenvalue weighted by Gasteiger charge is 2.39. The Bertz CT molecular complexity index is 249. The Morgan fingerprint density at radius 2 is 1.82 bits per heavy atom. The van der Waals surface area contributed by atoms with Crippen LogP contribution in [0.2, 0.25) is 0 Å². The number of nitrogens with two attached hydrogens (primary N) is 1. The van der Waals surface area contributed by atoms with Crippen LogP contribution in [0.1, 0.15) is 51.4 Å². The molecule has 1 aliphatic heterocycles. The van der Waals surface area contributed by atoms with Crippen LogP contribution in [-0.4, -0.2) is 19.3 Å². The molecule has 2 saturated carbocycles. The van der Waals surface area contributed by atoms with Gasteiger partial charge in [0, 0.05) is 19.3 Å². The SMILES string of the molecule is NC(CC1CCOCC1)CC1CC2CCC1C2. The summed E-state index contributed by atoms with van der Waals surface area (Å²) in [7, 11) is 0. The van der Waals surface area contributed by atoms with Gasteiger partial charge in [0.1, 0.15) is 0 Å². The van der Waals surface area contributed by atoms with E-state index < -0.39 is 0 Å². The summed E-state index contributed by atoms with van der Waals surface area (Å²) in [6.45, 7) is 1.93. The Kier molecular flexibility index (Phi) is 3.72. The minimum absolute atomic E-state index is 0.461. The number of rotatable bonds is 4. The average molecular weight is 237 g/mol. The van der Waals surface area contributed by atoms with E-state index in [-0.39, 0.29) is 0 Å². The number of hydrogen-bond donors (Lipinski definition) is 1. The van der Waals surface area contributed by atoms with Crippen molar-refractivity contribution in [2.24, 2.45) is 29.4 Å². The molecule has 0 aromatic heterocycles. The maximum atomic E-state index is 6.38. The molecular formula is C15H27NO. The molecule has 2 nitrogen and oxygen atoms in total. The summed E-state index contributed by atoms with van der Waals surface area (Å²) in [5.41, 5.74) is 6.38. The first kappa shape index (κ1) is 12.0. The van der Waals surface area contributed by atoms with E-state index >= 15 is 0 Å². The minimum atomic E-state index is 0.461. The van der Waals surface area contributed by atoms with E-state index in [1.807, 2.05) is 0 Å². The zero-order valence-corrected chi connectivity index (χ0v) is 10.9. The van der Waals surface area contributed by atoms with E-state index in [2.05, 4.69) is 0 Å². The van der Waals surface area contributed by atoms with E-state index in [0.717, 1.165) is 36.9 Å². The van der Waals surface area contributed by atoms with Crippen molar-refractivity contribution in [3.05, 3.63) is 0 Å². The minimum Gasteiger partial charge on any atom is -0.381 e. The van der Waals surface area contributed by atoms with Gasteiger partial charge < -0.3 is 10.5 Å². The third-order valence-electron chi connectivity index (χ3n) is 5.47. The van der Waals surface area contributed by atoms with Crippen LogP contribution in [0.4, 0.5) is 0 Å². The van der Waals surface area contributed by atoms with E-state index in [0.29, 0.717) is 6.04 Å². The molecule has 0 aromatic carbocycles. The summed E-state index contributed by atoms with van der Waals surface area (Å²) in [6.07, 6.45) is 11.1. The molecule has 0 radical (unpaired) electrons.